The standard InChI is InChI=1S/C23H21BrN2O7/c1-4-32-18-11-14(10-17(24)20(18)33-12-19(27)31-3)9-16-21(28)25-23(30)26(22(16)29)15-7-5-13(2)6-8-15/h5-11H,4,12H2,1-3H3,(H,25,28,30)/b16-9-. The molecule has 1 saturated heterocycles. The Morgan fingerprint density at radius 2 is 1.82 bits per heavy atom. The minimum atomic E-state index is -0.825. The summed E-state index contributed by atoms with van der Waals surface area (Å²) in [6.07, 6.45) is 1.35. The van der Waals surface area contributed by atoms with Gasteiger partial charge in [0.2, 0.25) is 0 Å². The van der Waals surface area contributed by atoms with Crippen LogP contribution in [-0.4, -0.2) is 44.1 Å². The minimum Gasteiger partial charge on any atom is -0.490 e. The molecule has 0 aromatic heterocycles. The van der Waals surface area contributed by atoms with E-state index in [-0.39, 0.29) is 23.7 Å². The number of carbonyl (C=O) groups is 4. The van der Waals surface area contributed by atoms with Crippen LogP contribution in [-0.2, 0) is 19.1 Å². The summed E-state index contributed by atoms with van der Waals surface area (Å²) in [4.78, 5) is 50.2. The van der Waals surface area contributed by atoms with Gasteiger partial charge in [-0.25, -0.2) is 14.5 Å². The Morgan fingerprint density at radius 3 is 2.45 bits per heavy atom. The lowest BCUT2D eigenvalue weighted by atomic mass is 10.1. The molecule has 0 bridgehead atoms. The summed E-state index contributed by atoms with van der Waals surface area (Å²) >= 11 is 3.36. The number of barbiturate groups is 1. The van der Waals surface area contributed by atoms with Crippen LogP contribution >= 0.6 is 15.9 Å². The van der Waals surface area contributed by atoms with Crippen LogP contribution in [0.15, 0.2) is 46.4 Å². The molecule has 9 nitrogen and oxygen atoms in total. The van der Waals surface area contributed by atoms with E-state index in [4.69, 9.17) is 9.47 Å². The zero-order chi connectivity index (χ0) is 24.1. The van der Waals surface area contributed by atoms with Crippen LogP contribution in [0.3, 0.4) is 0 Å². The number of nitrogens with one attached hydrogen (secondary N) is 1. The maximum absolute atomic E-state index is 13.1. The number of halogens is 1. The first kappa shape index (κ1) is 24.0. The number of urea groups is 1. The fourth-order valence-electron chi connectivity index (χ4n) is 3.02. The van der Waals surface area contributed by atoms with Crippen molar-refractivity contribution in [2.45, 2.75) is 13.8 Å². The van der Waals surface area contributed by atoms with Crippen molar-refractivity contribution < 1.29 is 33.4 Å². The maximum atomic E-state index is 13.1. The third-order valence-electron chi connectivity index (χ3n) is 4.60. The van der Waals surface area contributed by atoms with Crippen molar-refractivity contribution in [2.75, 3.05) is 25.2 Å². The molecule has 1 aliphatic heterocycles. The molecule has 0 aliphatic carbocycles. The summed E-state index contributed by atoms with van der Waals surface area (Å²) in [7, 11) is 1.25. The van der Waals surface area contributed by atoms with Gasteiger partial charge in [0.25, 0.3) is 11.8 Å². The van der Waals surface area contributed by atoms with Gasteiger partial charge in [-0.2, -0.15) is 0 Å². The second-order valence-electron chi connectivity index (χ2n) is 6.92. The van der Waals surface area contributed by atoms with E-state index in [9.17, 15) is 19.2 Å². The van der Waals surface area contributed by atoms with Crippen molar-refractivity contribution in [3.63, 3.8) is 0 Å². The molecule has 0 saturated carbocycles. The number of aryl methyl sites for hydroxylation is 1. The number of amides is 4. The highest BCUT2D eigenvalue weighted by atomic mass is 79.9. The van der Waals surface area contributed by atoms with Crippen molar-refractivity contribution >= 4 is 51.5 Å². The van der Waals surface area contributed by atoms with Gasteiger partial charge in [-0.05, 0) is 65.7 Å². The molecular weight excluding hydrogens is 496 g/mol. The van der Waals surface area contributed by atoms with Gasteiger partial charge in [0.1, 0.15) is 5.57 Å². The van der Waals surface area contributed by atoms with E-state index in [2.05, 4.69) is 26.0 Å². The van der Waals surface area contributed by atoms with E-state index >= 15 is 0 Å². The van der Waals surface area contributed by atoms with E-state index in [1.165, 1.54) is 13.2 Å². The van der Waals surface area contributed by atoms with E-state index in [1.54, 1.807) is 43.3 Å². The van der Waals surface area contributed by atoms with Crippen LogP contribution in [0.4, 0.5) is 10.5 Å². The highest BCUT2D eigenvalue weighted by Gasteiger charge is 2.36. The molecule has 0 spiro atoms. The fourth-order valence-corrected chi connectivity index (χ4v) is 3.59. The largest absolute Gasteiger partial charge is 0.490 e. The molecular formula is C23H21BrN2O7. The van der Waals surface area contributed by atoms with Crippen molar-refractivity contribution in [3.8, 4) is 11.5 Å². The zero-order valence-corrected chi connectivity index (χ0v) is 19.7. The van der Waals surface area contributed by atoms with Crippen LogP contribution in [0.1, 0.15) is 18.1 Å². The molecule has 2 aromatic carbocycles. The van der Waals surface area contributed by atoms with Crippen LogP contribution in [0.2, 0.25) is 0 Å². The number of esters is 1. The summed E-state index contributed by atoms with van der Waals surface area (Å²) < 4.78 is 16.1. The number of methoxy groups -OCH3 is 1. The molecule has 10 heteroatoms. The summed E-state index contributed by atoms with van der Waals surface area (Å²) in [5.74, 6) is -1.58. The molecule has 172 valence electrons. The fraction of sp³-hybridized carbons (Fsp3) is 0.217. The van der Waals surface area contributed by atoms with Crippen LogP contribution < -0.4 is 19.7 Å². The molecule has 1 aliphatic rings. The SMILES string of the molecule is CCOc1cc(/C=C2/C(=O)NC(=O)N(c3ccc(C)cc3)C2=O)cc(Br)c1OCC(=O)OC. The molecule has 2 aromatic rings. The zero-order valence-electron chi connectivity index (χ0n) is 18.1. The molecule has 1 fully saturated rings. The number of benzene rings is 2. The van der Waals surface area contributed by atoms with Crippen LogP contribution in [0, 0.1) is 6.92 Å². The molecule has 4 amide bonds. The van der Waals surface area contributed by atoms with E-state index in [1.807, 2.05) is 6.92 Å². The molecule has 3 rings (SSSR count). The second-order valence-corrected chi connectivity index (χ2v) is 7.78. The number of hydrogen-bond acceptors (Lipinski definition) is 7. The predicted molar refractivity (Wildman–Crippen MR) is 123 cm³/mol. The Labute approximate surface area is 198 Å². The first-order valence-corrected chi connectivity index (χ1v) is 10.7. The van der Waals surface area contributed by atoms with E-state index in [0.717, 1.165) is 10.5 Å². The third-order valence-corrected chi connectivity index (χ3v) is 5.19. The van der Waals surface area contributed by atoms with Crippen LogP contribution in [0.25, 0.3) is 6.08 Å². The van der Waals surface area contributed by atoms with Crippen molar-refractivity contribution in [1.29, 1.82) is 0 Å². The van der Waals surface area contributed by atoms with Gasteiger partial charge in [-0.3, -0.25) is 14.9 Å². The molecule has 33 heavy (non-hydrogen) atoms. The number of ether oxygens (including phenoxy) is 3. The van der Waals surface area contributed by atoms with Gasteiger partial charge in [0.05, 0.1) is 23.9 Å². The first-order chi connectivity index (χ1) is 15.7. The van der Waals surface area contributed by atoms with Gasteiger partial charge in [-0.15, -0.1) is 0 Å². The van der Waals surface area contributed by atoms with Gasteiger partial charge < -0.3 is 14.2 Å². The molecule has 1 N–H and O–H groups in total. The predicted octanol–water partition coefficient (Wildman–Crippen LogP) is 3.37. The Balaban J connectivity index is 1.98. The second kappa shape index (κ2) is 10.3. The van der Waals surface area contributed by atoms with Crippen molar-refractivity contribution in [2.24, 2.45) is 0 Å². The highest BCUT2D eigenvalue weighted by molar-refractivity contribution is 9.10. The van der Waals surface area contributed by atoms with Crippen molar-refractivity contribution in [3.05, 3.63) is 57.6 Å². The average molecular weight is 517 g/mol. The van der Waals surface area contributed by atoms with Gasteiger partial charge in [0.15, 0.2) is 18.1 Å². The lowest BCUT2D eigenvalue weighted by molar-refractivity contribution is -0.143. The lowest BCUT2D eigenvalue weighted by Gasteiger charge is -2.26. The Morgan fingerprint density at radius 1 is 1.12 bits per heavy atom. The quantitative estimate of drug-likeness (QED) is 0.341. The maximum Gasteiger partial charge on any atom is 0.343 e. The molecule has 0 atom stereocenters. The Bertz CT molecular complexity index is 1140. The summed E-state index contributed by atoms with van der Waals surface area (Å²) in [6, 6.07) is 9.09. The lowest BCUT2D eigenvalue weighted by Crippen LogP contribution is -2.54. The average Bonchev–Trinajstić information content (AvgIpc) is 2.77. The Hall–Kier alpha value is -3.66. The molecule has 0 radical (unpaired) electrons. The smallest absolute Gasteiger partial charge is 0.343 e. The highest BCUT2D eigenvalue weighted by Crippen LogP contribution is 2.38. The third kappa shape index (κ3) is 5.40. The number of nitrogens with zero attached hydrogens (tertiary/aromatic N) is 1. The summed E-state index contributed by atoms with van der Waals surface area (Å²) in [5, 5.41) is 2.19. The van der Waals surface area contributed by atoms with E-state index < -0.39 is 23.8 Å². The van der Waals surface area contributed by atoms with Gasteiger partial charge in [0, 0.05) is 0 Å². The number of rotatable bonds is 7. The van der Waals surface area contributed by atoms with Gasteiger partial charge >= 0.3 is 12.0 Å². The molecule has 1 heterocycles. The monoisotopic (exact) mass is 516 g/mol. The Kier molecular flexibility index (Phi) is 7.49. The summed E-state index contributed by atoms with van der Waals surface area (Å²) in [5.41, 5.74) is 1.50. The number of anilines is 1. The number of carbonyl (C=O) groups excluding carboxylic acids is 4. The first-order valence-electron chi connectivity index (χ1n) is 9.89. The minimum absolute atomic E-state index is 0.229. The van der Waals surface area contributed by atoms with Crippen LogP contribution in [0.5, 0.6) is 11.5 Å². The normalized spacial score (nSPS) is 14.8. The molecule has 0 unspecified atom stereocenters. The topological polar surface area (TPSA) is 111 Å². The number of hydrogen-bond donors (Lipinski definition) is 1. The van der Waals surface area contributed by atoms with Crippen molar-refractivity contribution in [1.82, 2.24) is 5.32 Å². The van der Waals surface area contributed by atoms with E-state index in [0.29, 0.717) is 22.3 Å². The van der Waals surface area contributed by atoms with Gasteiger partial charge in [-0.1, -0.05) is 17.7 Å². The number of imide groups is 2. The summed E-state index contributed by atoms with van der Waals surface area (Å²) in [6.45, 7) is 3.62.